The van der Waals surface area contributed by atoms with Gasteiger partial charge in [0.25, 0.3) is 0 Å². The Morgan fingerprint density at radius 1 is 1.13 bits per heavy atom. The molecule has 0 N–H and O–H groups in total. The molecule has 0 bridgehead atoms. The van der Waals surface area contributed by atoms with Crippen LogP contribution >= 0.6 is 0 Å². The lowest BCUT2D eigenvalue weighted by atomic mass is 10.1. The Hall–Kier alpha value is -1.30. The van der Waals surface area contributed by atoms with Crippen molar-refractivity contribution < 1.29 is 0 Å². The monoisotopic (exact) mass is 206 g/mol. The maximum absolute atomic E-state index is 3.91. The predicted octanol–water partition coefficient (Wildman–Crippen LogP) is 5.47. The minimum atomic E-state index is 0. The summed E-state index contributed by atoms with van der Waals surface area (Å²) in [5.74, 6) is 0. The maximum atomic E-state index is 3.91. The second-order valence-corrected chi connectivity index (χ2v) is 2.50. The molecule has 0 aromatic carbocycles. The molecule has 0 heterocycles. The molecule has 0 aromatic rings. The fourth-order valence-corrected chi connectivity index (χ4v) is 0.663. The lowest BCUT2D eigenvalue weighted by molar-refractivity contribution is 1.44. The Morgan fingerprint density at radius 2 is 1.67 bits per heavy atom. The largest absolute Gasteiger partial charge is 0.0991 e. The van der Waals surface area contributed by atoms with Gasteiger partial charge in [0.05, 0.1) is 0 Å². The second kappa shape index (κ2) is 15.2. The van der Waals surface area contributed by atoms with Crippen LogP contribution in [-0.4, -0.2) is 0 Å². The Bertz CT molecular complexity index is 237. The summed E-state index contributed by atoms with van der Waals surface area (Å²) in [4.78, 5) is 0. The Labute approximate surface area is 96.4 Å². The van der Waals surface area contributed by atoms with E-state index in [1.807, 2.05) is 58.1 Å². The Morgan fingerprint density at radius 3 is 2.07 bits per heavy atom. The van der Waals surface area contributed by atoms with E-state index in [9.17, 15) is 0 Å². The van der Waals surface area contributed by atoms with Gasteiger partial charge in [0.2, 0.25) is 0 Å². The van der Waals surface area contributed by atoms with Gasteiger partial charge in [0, 0.05) is 0 Å². The van der Waals surface area contributed by atoms with E-state index in [0.29, 0.717) is 0 Å². The molecular formula is C15H26. The highest BCUT2D eigenvalue weighted by atomic mass is 13.9. The van der Waals surface area contributed by atoms with E-state index in [1.165, 1.54) is 5.57 Å². The van der Waals surface area contributed by atoms with E-state index < -0.39 is 0 Å². The summed E-state index contributed by atoms with van der Waals surface area (Å²) in [6, 6.07) is 0. The van der Waals surface area contributed by atoms with E-state index >= 15 is 0 Å². The van der Waals surface area contributed by atoms with Gasteiger partial charge in [-0.15, -0.1) is 0 Å². The first kappa shape index (κ1) is 19.3. The fraction of sp³-hybridized carbons (Fsp3) is 0.333. The minimum absolute atomic E-state index is 0. The molecule has 0 atom stereocenters. The quantitative estimate of drug-likeness (QED) is 0.535. The zero-order valence-electron chi connectivity index (χ0n) is 9.88. The molecule has 0 rings (SSSR count). The van der Waals surface area contributed by atoms with Crippen molar-refractivity contribution in [1.82, 2.24) is 0 Å². The Kier molecular flexibility index (Phi) is 19.5. The van der Waals surface area contributed by atoms with E-state index in [4.69, 9.17) is 0 Å². The molecule has 0 aliphatic rings. The summed E-state index contributed by atoms with van der Waals surface area (Å²) in [5.41, 5.74) is 2.19. The van der Waals surface area contributed by atoms with Gasteiger partial charge in [0.15, 0.2) is 0 Å². The van der Waals surface area contributed by atoms with Crippen LogP contribution in [0.4, 0.5) is 0 Å². The van der Waals surface area contributed by atoms with Gasteiger partial charge in [-0.25, -0.2) is 0 Å². The van der Waals surface area contributed by atoms with Gasteiger partial charge in [-0.05, 0) is 25.0 Å². The van der Waals surface area contributed by atoms with Gasteiger partial charge >= 0.3 is 0 Å². The number of rotatable bonds is 4. The maximum Gasteiger partial charge on any atom is -0.0299 e. The third-order valence-corrected chi connectivity index (χ3v) is 1.48. The molecule has 0 aliphatic heterocycles. The lowest BCUT2D eigenvalue weighted by Crippen LogP contribution is -1.76. The lowest BCUT2D eigenvalue weighted by Gasteiger charge is -1.96. The van der Waals surface area contributed by atoms with Crippen molar-refractivity contribution in [2.45, 2.75) is 35.1 Å². The summed E-state index contributed by atoms with van der Waals surface area (Å²) >= 11 is 0. The molecule has 0 aromatic heterocycles. The summed E-state index contributed by atoms with van der Waals surface area (Å²) in [5, 5.41) is 0. The second-order valence-electron chi connectivity index (χ2n) is 2.50. The van der Waals surface area contributed by atoms with Crippen LogP contribution in [-0.2, 0) is 0 Å². The van der Waals surface area contributed by atoms with Crippen LogP contribution in [0.2, 0.25) is 0 Å². The van der Waals surface area contributed by atoms with E-state index in [2.05, 4.69) is 13.2 Å². The predicted molar refractivity (Wildman–Crippen MR) is 75.1 cm³/mol. The summed E-state index contributed by atoms with van der Waals surface area (Å²) in [6.07, 6.45) is 11.6. The van der Waals surface area contributed by atoms with Gasteiger partial charge in [0.1, 0.15) is 0 Å². The molecule has 15 heavy (non-hydrogen) atoms. The first-order valence-electron chi connectivity index (χ1n) is 5.00. The third kappa shape index (κ3) is 12.7. The van der Waals surface area contributed by atoms with Crippen LogP contribution in [0.1, 0.15) is 35.1 Å². The van der Waals surface area contributed by atoms with E-state index in [1.54, 1.807) is 6.08 Å². The molecule has 0 saturated heterocycles. The van der Waals surface area contributed by atoms with Crippen molar-refractivity contribution >= 4 is 0 Å². The van der Waals surface area contributed by atoms with Crippen LogP contribution in [0.3, 0.4) is 0 Å². The standard InChI is InChI=1S/C12H16.C2H6.CH4/c1-5-7-9-11(3)12(4)10-8-6-2;1-2;/h5-10H,1,3H2,2,4H3;1-2H3;1H4/b8-6-,9-7-,12-10+;;. The number of hydrogen-bond acceptors (Lipinski definition) is 0. The molecule has 0 radical (unpaired) electrons. The van der Waals surface area contributed by atoms with Gasteiger partial charge in [-0.1, -0.05) is 70.9 Å². The molecule has 0 unspecified atom stereocenters. The van der Waals surface area contributed by atoms with Crippen LogP contribution in [0, 0.1) is 0 Å². The molecule has 0 spiro atoms. The molecule has 0 heteroatoms. The van der Waals surface area contributed by atoms with Gasteiger partial charge in [-0.3, -0.25) is 0 Å². The third-order valence-electron chi connectivity index (χ3n) is 1.48. The van der Waals surface area contributed by atoms with Crippen LogP contribution in [0.5, 0.6) is 0 Å². The highest BCUT2D eigenvalue weighted by Crippen LogP contribution is 2.07. The summed E-state index contributed by atoms with van der Waals surface area (Å²) in [6.45, 7) is 15.5. The SMILES string of the molecule is C.C=C/C=C\C(=C)/C(C)=C/C=C\C.CC. The topological polar surface area (TPSA) is 0 Å². The van der Waals surface area contributed by atoms with Crippen molar-refractivity contribution in [1.29, 1.82) is 0 Å². The molecule has 86 valence electrons. The summed E-state index contributed by atoms with van der Waals surface area (Å²) in [7, 11) is 0. The average molecular weight is 206 g/mol. The molecule has 0 nitrogen and oxygen atoms in total. The number of hydrogen-bond donors (Lipinski definition) is 0. The van der Waals surface area contributed by atoms with Crippen molar-refractivity contribution in [2.24, 2.45) is 0 Å². The molecule has 0 aliphatic carbocycles. The van der Waals surface area contributed by atoms with Crippen molar-refractivity contribution in [2.75, 3.05) is 0 Å². The zero-order valence-corrected chi connectivity index (χ0v) is 9.88. The highest BCUT2D eigenvalue weighted by Gasteiger charge is 1.87. The highest BCUT2D eigenvalue weighted by molar-refractivity contribution is 5.38. The normalized spacial score (nSPS) is 10.5. The van der Waals surface area contributed by atoms with Crippen molar-refractivity contribution in [3.63, 3.8) is 0 Å². The first-order valence-corrected chi connectivity index (χ1v) is 5.00. The van der Waals surface area contributed by atoms with Crippen molar-refractivity contribution in [3.05, 3.63) is 60.8 Å². The van der Waals surface area contributed by atoms with Crippen LogP contribution in [0.15, 0.2) is 60.8 Å². The summed E-state index contributed by atoms with van der Waals surface area (Å²) < 4.78 is 0. The zero-order chi connectivity index (χ0) is 11.4. The van der Waals surface area contributed by atoms with E-state index in [0.717, 1.165) is 5.57 Å². The van der Waals surface area contributed by atoms with Gasteiger partial charge < -0.3 is 0 Å². The van der Waals surface area contributed by atoms with Crippen LogP contribution < -0.4 is 0 Å². The smallest absolute Gasteiger partial charge is 0.0299 e. The molecule has 0 fully saturated rings. The van der Waals surface area contributed by atoms with Gasteiger partial charge in [-0.2, -0.15) is 0 Å². The van der Waals surface area contributed by atoms with Crippen LogP contribution in [0.25, 0.3) is 0 Å². The van der Waals surface area contributed by atoms with E-state index in [-0.39, 0.29) is 7.43 Å². The average Bonchev–Trinajstić information content (AvgIpc) is 2.25. The molecular weight excluding hydrogens is 180 g/mol. The fourth-order valence-electron chi connectivity index (χ4n) is 0.663. The molecule has 0 saturated carbocycles. The minimum Gasteiger partial charge on any atom is -0.0991 e. The first-order chi connectivity index (χ1) is 6.72. The van der Waals surface area contributed by atoms with Crippen molar-refractivity contribution in [3.8, 4) is 0 Å². The molecule has 0 amide bonds. The Balaban J connectivity index is -0.000000449. The number of allylic oxidation sites excluding steroid dienone is 8.